The number of phenols is 1. The summed E-state index contributed by atoms with van der Waals surface area (Å²) in [6.45, 7) is 0. The maximum Gasteiger partial charge on any atom is 0.115 e. The molecule has 0 saturated heterocycles. The molecule has 3 aromatic carbocycles. The van der Waals surface area contributed by atoms with Crippen LogP contribution in [0.1, 0.15) is 22.3 Å². The van der Waals surface area contributed by atoms with Gasteiger partial charge in [0.05, 0.1) is 0 Å². The van der Waals surface area contributed by atoms with Crippen molar-refractivity contribution in [2.24, 2.45) is 0 Å². The summed E-state index contributed by atoms with van der Waals surface area (Å²) in [6.07, 6.45) is 1.76. The predicted molar refractivity (Wildman–Crippen MR) is 91.0 cm³/mol. The largest absolute Gasteiger partial charge is 0.508 e. The molecule has 0 spiro atoms. The van der Waals surface area contributed by atoms with Gasteiger partial charge in [-0.25, -0.2) is 0 Å². The van der Waals surface area contributed by atoms with E-state index in [9.17, 15) is 5.11 Å². The van der Waals surface area contributed by atoms with Crippen molar-refractivity contribution in [3.05, 3.63) is 95.1 Å². The van der Waals surface area contributed by atoms with Crippen LogP contribution >= 0.6 is 0 Å². The van der Waals surface area contributed by atoms with E-state index in [1.807, 2.05) is 24.3 Å². The Morgan fingerprint density at radius 2 is 1.09 bits per heavy atom. The first-order valence-electron chi connectivity index (χ1n) is 7.40. The average molecular weight is 289 g/mol. The summed E-state index contributed by atoms with van der Waals surface area (Å²) < 4.78 is 0. The van der Waals surface area contributed by atoms with Gasteiger partial charge >= 0.3 is 0 Å². The van der Waals surface area contributed by atoms with Crippen molar-refractivity contribution >= 4 is 5.69 Å². The monoisotopic (exact) mass is 289 g/mol. The summed E-state index contributed by atoms with van der Waals surface area (Å²) in [5.41, 5.74) is 11.6. The summed E-state index contributed by atoms with van der Waals surface area (Å²) in [4.78, 5) is 0. The highest BCUT2D eigenvalue weighted by Crippen LogP contribution is 2.20. The molecule has 0 radical (unpaired) electrons. The zero-order valence-corrected chi connectivity index (χ0v) is 12.4. The van der Waals surface area contributed by atoms with Crippen molar-refractivity contribution < 1.29 is 5.11 Å². The first-order valence-corrected chi connectivity index (χ1v) is 7.40. The van der Waals surface area contributed by atoms with E-state index in [-0.39, 0.29) is 0 Å². The quantitative estimate of drug-likeness (QED) is 0.709. The van der Waals surface area contributed by atoms with Crippen LogP contribution in [0.4, 0.5) is 5.69 Å². The molecule has 2 nitrogen and oxygen atoms in total. The van der Waals surface area contributed by atoms with Gasteiger partial charge in [0.15, 0.2) is 0 Å². The fourth-order valence-corrected chi connectivity index (χ4v) is 2.59. The van der Waals surface area contributed by atoms with Gasteiger partial charge in [0.1, 0.15) is 5.75 Å². The summed E-state index contributed by atoms with van der Waals surface area (Å²) in [7, 11) is 0. The number of hydrogen-bond acceptors (Lipinski definition) is 2. The molecule has 22 heavy (non-hydrogen) atoms. The van der Waals surface area contributed by atoms with Crippen molar-refractivity contribution in [2.75, 3.05) is 5.73 Å². The normalized spacial score (nSPS) is 10.5. The molecule has 0 fully saturated rings. The van der Waals surface area contributed by atoms with E-state index in [1.54, 1.807) is 12.1 Å². The molecular weight excluding hydrogens is 270 g/mol. The molecule has 3 aromatic rings. The zero-order valence-electron chi connectivity index (χ0n) is 12.4. The molecular formula is C20H19NO. The molecule has 0 amide bonds. The Labute approximate surface area is 130 Å². The molecule has 3 N–H and O–H groups in total. The second-order valence-electron chi connectivity index (χ2n) is 5.53. The zero-order chi connectivity index (χ0) is 15.4. The summed E-state index contributed by atoms with van der Waals surface area (Å²) >= 11 is 0. The van der Waals surface area contributed by atoms with Gasteiger partial charge < -0.3 is 10.8 Å². The van der Waals surface area contributed by atoms with Crippen molar-refractivity contribution in [1.29, 1.82) is 0 Å². The van der Waals surface area contributed by atoms with Crippen LogP contribution in [0.3, 0.4) is 0 Å². The Morgan fingerprint density at radius 3 is 1.59 bits per heavy atom. The fraction of sp³-hybridized carbons (Fsp3) is 0.100. The Kier molecular flexibility index (Phi) is 4.10. The summed E-state index contributed by atoms with van der Waals surface area (Å²) in [5.74, 6) is 0.305. The van der Waals surface area contributed by atoms with Gasteiger partial charge in [0.25, 0.3) is 0 Å². The first kappa shape index (κ1) is 14.2. The van der Waals surface area contributed by atoms with Crippen molar-refractivity contribution in [3.63, 3.8) is 0 Å². The van der Waals surface area contributed by atoms with Crippen molar-refractivity contribution in [2.45, 2.75) is 12.8 Å². The Bertz CT molecular complexity index is 679. The van der Waals surface area contributed by atoms with Gasteiger partial charge in [0.2, 0.25) is 0 Å². The molecule has 0 saturated carbocycles. The molecule has 110 valence electrons. The maximum atomic E-state index is 9.38. The topological polar surface area (TPSA) is 46.2 Å². The molecule has 0 atom stereocenters. The molecule has 0 aliphatic heterocycles. The Hall–Kier alpha value is -2.74. The smallest absolute Gasteiger partial charge is 0.115 e. The SMILES string of the molecule is Nc1ccc(Cc2ccccc2Cc2ccc(O)cc2)cc1. The van der Waals surface area contributed by atoms with Crippen LogP contribution in [0.2, 0.25) is 0 Å². The van der Waals surface area contributed by atoms with Crippen LogP contribution in [-0.4, -0.2) is 5.11 Å². The maximum absolute atomic E-state index is 9.38. The minimum Gasteiger partial charge on any atom is -0.508 e. The molecule has 0 bridgehead atoms. The van der Waals surface area contributed by atoms with Crippen LogP contribution in [0.5, 0.6) is 5.75 Å². The molecule has 2 heteroatoms. The summed E-state index contributed by atoms with van der Waals surface area (Å²) in [5, 5.41) is 9.38. The van der Waals surface area contributed by atoms with Gasteiger partial charge in [-0.05, 0) is 59.4 Å². The third kappa shape index (κ3) is 3.47. The van der Waals surface area contributed by atoms with E-state index in [4.69, 9.17) is 5.73 Å². The number of phenolic OH excluding ortho intramolecular Hbond substituents is 1. The lowest BCUT2D eigenvalue weighted by molar-refractivity contribution is 0.475. The molecule has 3 rings (SSSR count). The van der Waals surface area contributed by atoms with Crippen LogP contribution in [0, 0.1) is 0 Å². The number of aromatic hydroxyl groups is 1. The second kappa shape index (κ2) is 6.35. The molecule has 0 aliphatic rings. The fourth-order valence-electron chi connectivity index (χ4n) is 2.59. The third-order valence-electron chi connectivity index (χ3n) is 3.82. The minimum absolute atomic E-state index is 0.305. The van der Waals surface area contributed by atoms with Crippen LogP contribution < -0.4 is 5.73 Å². The first-order chi connectivity index (χ1) is 10.7. The van der Waals surface area contributed by atoms with Gasteiger partial charge in [-0.2, -0.15) is 0 Å². The van der Waals surface area contributed by atoms with Crippen LogP contribution in [-0.2, 0) is 12.8 Å². The highest BCUT2D eigenvalue weighted by Gasteiger charge is 2.04. The van der Waals surface area contributed by atoms with E-state index < -0.39 is 0 Å². The van der Waals surface area contributed by atoms with E-state index in [0.29, 0.717) is 5.75 Å². The molecule has 0 aromatic heterocycles. The van der Waals surface area contributed by atoms with Gasteiger partial charge in [-0.1, -0.05) is 48.5 Å². The highest BCUT2D eigenvalue weighted by atomic mass is 16.3. The molecule has 0 aliphatic carbocycles. The number of anilines is 1. The third-order valence-corrected chi connectivity index (χ3v) is 3.82. The Morgan fingerprint density at radius 1 is 0.636 bits per heavy atom. The van der Waals surface area contributed by atoms with E-state index in [1.165, 1.54) is 22.3 Å². The number of nitrogens with two attached hydrogens (primary N) is 1. The van der Waals surface area contributed by atoms with E-state index in [0.717, 1.165) is 18.5 Å². The molecule has 0 heterocycles. The van der Waals surface area contributed by atoms with Gasteiger partial charge in [-0.3, -0.25) is 0 Å². The number of nitrogen functional groups attached to an aromatic ring is 1. The number of rotatable bonds is 4. The highest BCUT2D eigenvalue weighted by molar-refractivity contribution is 5.42. The van der Waals surface area contributed by atoms with Crippen LogP contribution in [0.25, 0.3) is 0 Å². The van der Waals surface area contributed by atoms with Gasteiger partial charge in [-0.15, -0.1) is 0 Å². The summed E-state index contributed by atoms with van der Waals surface area (Å²) in [6, 6.07) is 23.9. The number of benzene rings is 3. The number of hydrogen-bond donors (Lipinski definition) is 2. The average Bonchev–Trinajstić information content (AvgIpc) is 2.54. The Balaban J connectivity index is 1.83. The van der Waals surface area contributed by atoms with E-state index in [2.05, 4.69) is 36.4 Å². The van der Waals surface area contributed by atoms with Crippen molar-refractivity contribution in [3.8, 4) is 5.75 Å². The van der Waals surface area contributed by atoms with Crippen molar-refractivity contribution in [1.82, 2.24) is 0 Å². The van der Waals surface area contributed by atoms with Gasteiger partial charge in [0, 0.05) is 5.69 Å². The lowest BCUT2D eigenvalue weighted by atomic mass is 9.95. The lowest BCUT2D eigenvalue weighted by Gasteiger charge is -2.10. The van der Waals surface area contributed by atoms with Crippen LogP contribution in [0.15, 0.2) is 72.8 Å². The predicted octanol–water partition coefficient (Wildman–Crippen LogP) is 4.16. The second-order valence-corrected chi connectivity index (χ2v) is 5.53. The molecule has 0 unspecified atom stereocenters. The lowest BCUT2D eigenvalue weighted by Crippen LogP contribution is -1.97. The standard InChI is InChI=1S/C20H19NO/c21-19-9-5-15(6-10-19)13-17-3-1-2-4-18(17)14-16-7-11-20(22)12-8-16/h1-12,22H,13-14,21H2. The minimum atomic E-state index is 0.305. The van der Waals surface area contributed by atoms with E-state index >= 15 is 0 Å².